The van der Waals surface area contributed by atoms with Gasteiger partial charge in [0.2, 0.25) is 0 Å². The van der Waals surface area contributed by atoms with Gasteiger partial charge in [-0.05, 0) is 46.0 Å². The third kappa shape index (κ3) is 4.21. The first-order chi connectivity index (χ1) is 13.2. The third-order valence-electron chi connectivity index (χ3n) is 4.55. The summed E-state index contributed by atoms with van der Waals surface area (Å²) in [6, 6.07) is 22.6. The average molecular weight is 360 g/mol. The quantitative estimate of drug-likeness (QED) is 0.541. The molecule has 3 nitrogen and oxygen atoms in total. The fourth-order valence-corrected chi connectivity index (χ4v) is 3.04. The van der Waals surface area contributed by atoms with E-state index in [4.69, 9.17) is 14.2 Å². The Kier molecular flexibility index (Phi) is 5.94. The topological polar surface area (TPSA) is 27.7 Å². The van der Waals surface area contributed by atoms with Crippen LogP contribution in [-0.2, 0) is 4.74 Å². The van der Waals surface area contributed by atoms with Crippen LogP contribution >= 0.6 is 0 Å². The third-order valence-corrected chi connectivity index (χ3v) is 4.55. The molecule has 0 saturated carbocycles. The molecular formula is C24H24O3. The molecule has 0 bridgehead atoms. The van der Waals surface area contributed by atoms with Crippen LogP contribution in [0.5, 0.6) is 11.5 Å². The van der Waals surface area contributed by atoms with E-state index in [1.54, 1.807) is 21.3 Å². The van der Waals surface area contributed by atoms with Gasteiger partial charge in [0.05, 0.1) is 20.8 Å². The van der Waals surface area contributed by atoms with E-state index in [0.29, 0.717) is 6.61 Å². The van der Waals surface area contributed by atoms with Crippen LogP contribution in [0.25, 0.3) is 27.8 Å². The van der Waals surface area contributed by atoms with Gasteiger partial charge >= 0.3 is 0 Å². The molecule has 27 heavy (non-hydrogen) atoms. The van der Waals surface area contributed by atoms with Crippen molar-refractivity contribution in [2.45, 2.75) is 0 Å². The molecular weight excluding hydrogens is 336 g/mol. The summed E-state index contributed by atoms with van der Waals surface area (Å²) in [5.41, 5.74) is 6.43. The molecule has 0 aromatic heterocycles. The molecule has 0 atom stereocenters. The van der Waals surface area contributed by atoms with E-state index >= 15 is 0 Å². The van der Waals surface area contributed by atoms with Gasteiger partial charge in [0.1, 0.15) is 11.5 Å². The van der Waals surface area contributed by atoms with Crippen molar-refractivity contribution in [1.82, 2.24) is 0 Å². The summed E-state index contributed by atoms with van der Waals surface area (Å²) in [5.74, 6) is 1.68. The first-order valence-corrected chi connectivity index (χ1v) is 8.76. The van der Waals surface area contributed by atoms with Crippen molar-refractivity contribution in [1.29, 1.82) is 0 Å². The normalized spacial score (nSPS) is 10.5. The van der Waals surface area contributed by atoms with Crippen LogP contribution in [0.3, 0.4) is 0 Å². The zero-order valence-corrected chi connectivity index (χ0v) is 16.0. The van der Waals surface area contributed by atoms with Gasteiger partial charge in [0, 0.05) is 12.7 Å². The first-order valence-electron chi connectivity index (χ1n) is 8.76. The number of methoxy groups -OCH3 is 3. The molecule has 0 saturated heterocycles. The summed E-state index contributed by atoms with van der Waals surface area (Å²) in [4.78, 5) is 0. The zero-order valence-electron chi connectivity index (χ0n) is 16.0. The molecule has 0 heterocycles. The smallest absolute Gasteiger partial charge is 0.127 e. The minimum Gasteiger partial charge on any atom is -0.497 e. The van der Waals surface area contributed by atoms with Crippen molar-refractivity contribution in [2.24, 2.45) is 0 Å². The predicted molar refractivity (Wildman–Crippen MR) is 111 cm³/mol. The highest BCUT2D eigenvalue weighted by Gasteiger charge is 2.09. The van der Waals surface area contributed by atoms with Gasteiger partial charge in [-0.15, -0.1) is 0 Å². The number of hydrogen-bond acceptors (Lipinski definition) is 3. The largest absolute Gasteiger partial charge is 0.497 e. The maximum atomic E-state index is 5.65. The van der Waals surface area contributed by atoms with Crippen LogP contribution in [0.1, 0.15) is 5.56 Å². The molecule has 0 aliphatic heterocycles. The van der Waals surface area contributed by atoms with Crippen molar-refractivity contribution in [3.05, 3.63) is 78.9 Å². The molecule has 3 aromatic rings. The molecule has 0 aliphatic rings. The monoisotopic (exact) mass is 360 g/mol. The molecule has 0 N–H and O–H groups in total. The first kappa shape index (κ1) is 18.7. The molecule has 3 heteroatoms. The van der Waals surface area contributed by atoms with E-state index in [-0.39, 0.29) is 0 Å². The highest BCUT2D eigenvalue weighted by atomic mass is 16.5. The Labute approximate surface area is 160 Å². The Balaban J connectivity index is 1.90. The van der Waals surface area contributed by atoms with Crippen LogP contribution in [0.15, 0.2) is 73.3 Å². The minimum atomic E-state index is 0.531. The number of rotatable bonds is 7. The Morgan fingerprint density at radius 2 is 1.37 bits per heavy atom. The second-order valence-corrected chi connectivity index (χ2v) is 6.26. The lowest BCUT2D eigenvalue weighted by atomic mass is 9.97. The van der Waals surface area contributed by atoms with Gasteiger partial charge in [-0.1, -0.05) is 55.1 Å². The standard InChI is InChI=1S/C24H24O3/c1-17(16-25-2)18-5-7-19(8-6-18)21-11-14-23(24(15-21)27-4)20-9-12-22(26-3)13-10-20/h5-15H,1,16H2,2-4H3. The maximum Gasteiger partial charge on any atom is 0.127 e. The fourth-order valence-electron chi connectivity index (χ4n) is 3.04. The van der Waals surface area contributed by atoms with Crippen molar-refractivity contribution >= 4 is 5.57 Å². The SMILES string of the molecule is C=C(COC)c1ccc(-c2ccc(-c3ccc(OC)cc3)c(OC)c2)cc1. The number of hydrogen-bond donors (Lipinski definition) is 0. The lowest BCUT2D eigenvalue weighted by molar-refractivity contribution is 0.240. The Bertz CT molecular complexity index is 909. The highest BCUT2D eigenvalue weighted by Crippen LogP contribution is 2.35. The van der Waals surface area contributed by atoms with Gasteiger partial charge in [-0.2, -0.15) is 0 Å². The van der Waals surface area contributed by atoms with Gasteiger partial charge < -0.3 is 14.2 Å². The second-order valence-electron chi connectivity index (χ2n) is 6.26. The predicted octanol–water partition coefficient (Wildman–Crippen LogP) is 5.70. The summed E-state index contributed by atoms with van der Waals surface area (Å²) >= 11 is 0. The van der Waals surface area contributed by atoms with E-state index < -0.39 is 0 Å². The van der Waals surface area contributed by atoms with Gasteiger partial charge in [0.15, 0.2) is 0 Å². The van der Waals surface area contributed by atoms with Crippen molar-refractivity contribution in [3.8, 4) is 33.8 Å². The summed E-state index contributed by atoms with van der Waals surface area (Å²) in [6.45, 7) is 4.58. The van der Waals surface area contributed by atoms with Crippen molar-refractivity contribution < 1.29 is 14.2 Å². The zero-order chi connectivity index (χ0) is 19.2. The van der Waals surface area contributed by atoms with Crippen LogP contribution < -0.4 is 9.47 Å². The molecule has 0 amide bonds. The summed E-state index contributed by atoms with van der Waals surface area (Å²) < 4.78 is 16.0. The van der Waals surface area contributed by atoms with Crippen LogP contribution in [0.4, 0.5) is 0 Å². The number of ether oxygens (including phenoxy) is 3. The van der Waals surface area contributed by atoms with Crippen molar-refractivity contribution in [2.75, 3.05) is 27.9 Å². The van der Waals surface area contributed by atoms with Gasteiger partial charge in [-0.25, -0.2) is 0 Å². The maximum absolute atomic E-state index is 5.65. The molecule has 0 radical (unpaired) electrons. The lowest BCUT2D eigenvalue weighted by Gasteiger charge is -2.12. The fraction of sp³-hybridized carbons (Fsp3) is 0.167. The minimum absolute atomic E-state index is 0.531. The molecule has 0 fully saturated rings. The average Bonchev–Trinajstić information content (AvgIpc) is 2.73. The molecule has 0 spiro atoms. The Morgan fingerprint density at radius 3 is 1.96 bits per heavy atom. The van der Waals surface area contributed by atoms with E-state index in [1.165, 1.54) is 0 Å². The lowest BCUT2D eigenvalue weighted by Crippen LogP contribution is -1.93. The van der Waals surface area contributed by atoms with E-state index in [0.717, 1.165) is 44.9 Å². The summed E-state index contributed by atoms with van der Waals surface area (Å²) in [6.07, 6.45) is 0. The highest BCUT2D eigenvalue weighted by molar-refractivity contribution is 5.77. The Hall–Kier alpha value is -3.04. The van der Waals surface area contributed by atoms with E-state index in [9.17, 15) is 0 Å². The molecule has 138 valence electrons. The molecule has 0 unspecified atom stereocenters. The molecule has 3 rings (SSSR count). The van der Waals surface area contributed by atoms with E-state index in [1.807, 2.05) is 24.3 Å². The van der Waals surface area contributed by atoms with E-state index in [2.05, 4.69) is 49.0 Å². The second kappa shape index (κ2) is 8.56. The molecule has 0 aliphatic carbocycles. The van der Waals surface area contributed by atoms with Gasteiger partial charge in [0.25, 0.3) is 0 Å². The number of benzene rings is 3. The van der Waals surface area contributed by atoms with Crippen LogP contribution in [0.2, 0.25) is 0 Å². The Morgan fingerprint density at radius 1 is 0.741 bits per heavy atom. The molecule has 3 aromatic carbocycles. The van der Waals surface area contributed by atoms with Crippen molar-refractivity contribution in [3.63, 3.8) is 0 Å². The van der Waals surface area contributed by atoms with Crippen LogP contribution in [-0.4, -0.2) is 27.9 Å². The van der Waals surface area contributed by atoms with Crippen LogP contribution in [0, 0.1) is 0 Å². The summed E-state index contributed by atoms with van der Waals surface area (Å²) in [7, 11) is 5.04. The summed E-state index contributed by atoms with van der Waals surface area (Å²) in [5, 5.41) is 0. The van der Waals surface area contributed by atoms with Gasteiger partial charge in [-0.3, -0.25) is 0 Å².